The van der Waals surface area contributed by atoms with E-state index in [1.807, 2.05) is 0 Å². The summed E-state index contributed by atoms with van der Waals surface area (Å²) in [5, 5.41) is 3.03. The smallest absolute Gasteiger partial charge is 0.343 e. The molecule has 0 bridgehead atoms. The molecular weight excluding hydrogens is 503 g/mol. The van der Waals surface area contributed by atoms with Crippen LogP contribution in [-0.2, 0) is 9.59 Å². The minimum absolute atomic E-state index is 0.107. The molecule has 0 aromatic heterocycles. The number of methoxy groups -OCH3 is 1. The van der Waals surface area contributed by atoms with Crippen molar-refractivity contribution in [1.29, 1.82) is 0 Å². The van der Waals surface area contributed by atoms with Gasteiger partial charge in [-0.15, -0.1) is 0 Å². The van der Waals surface area contributed by atoms with Gasteiger partial charge in [0.2, 0.25) is 0 Å². The third-order valence-electron chi connectivity index (χ3n) is 4.83. The standard InChI is InChI=1S/C24H15Cl3N2O5/c1-33-16-3-2-4-17(12-16)34-24(32)13-5-7-14(8-6-13)28-21-20(27)22(30)29(23(21)31)15-9-10-18(25)19(26)11-15/h2-12,28H,1H3. The van der Waals surface area contributed by atoms with Crippen LogP contribution in [0, 0.1) is 0 Å². The number of amides is 2. The molecule has 1 aliphatic rings. The Morgan fingerprint density at radius 1 is 0.853 bits per heavy atom. The molecule has 0 atom stereocenters. The number of hydrogen-bond donors (Lipinski definition) is 1. The lowest BCUT2D eigenvalue weighted by Gasteiger charge is -2.15. The Balaban J connectivity index is 1.48. The minimum atomic E-state index is -0.703. The van der Waals surface area contributed by atoms with Crippen LogP contribution in [-0.4, -0.2) is 24.9 Å². The van der Waals surface area contributed by atoms with Crippen molar-refractivity contribution in [3.8, 4) is 11.5 Å². The topological polar surface area (TPSA) is 84.9 Å². The van der Waals surface area contributed by atoms with Gasteiger partial charge in [0.05, 0.1) is 28.4 Å². The van der Waals surface area contributed by atoms with Crippen molar-refractivity contribution in [2.45, 2.75) is 0 Å². The fraction of sp³-hybridized carbons (Fsp3) is 0.0417. The molecule has 4 rings (SSSR count). The molecule has 0 saturated heterocycles. The summed E-state index contributed by atoms with van der Waals surface area (Å²) in [6, 6.07) is 17.1. The Morgan fingerprint density at radius 3 is 2.24 bits per heavy atom. The fourth-order valence-corrected chi connectivity index (χ4v) is 3.64. The average Bonchev–Trinajstić information content (AvgIpc) is 3.04. The van der Waals surface area contributed by atoms with E-state index in [0.29, 0.717) is 17.2 Å². The Kier molecular flexibility index (Phi) is 6.79. The first-order chi connectivity index (χ1) is 16.3. The Morgan fingerprint density at radius 2 is 1.56 bits per heavy atom. The summed E-state index contributed by atoms with van der Waals surface area (Å²) in [7, 11) is 1.51. The predicted molar refractivity (Wildman–Crippen MR) is 130 cm³/mol. The Labute approximate surface area is 209 Å². The molecule has 10 heteroatoms. The van der Waals surface area contributed by atoms with Gasteiger partial charge in [0.15, 0.2) is 0 Å². The lowest BCUT2D eigenvalue weighted by atomic mass is 10.2. The van der Waals surface area contributed by atoms with Crippen molar-refractivity contribution >= 4 is 64.0 Å². The Bertz CT molecular complexity index is 1340. The highest BCUT2D eigenvalue weighted by Crippen LogP contribution is 2.33. The van der Waals surface area contributed by atoms with Gasteiger partial charge >= 0.3 is 5.97 Å². The maximum atomic E-state index is 12.9. The van der Waals surface area contributed by atoms with Crippen LogP contribution in [0.1, 0.15) is 10.4 Å². The van der Waals surface area contributed by atoms with Crippen LogP contribution in [0.3, 0.4) is 0 Å². The number of carbonyl (C=O) groups excluding carboxylic acids is 3. The number of benzene rings is 3. The summed E-state index contributed by atoms with van der Waals surface area (Å²) in [5.41, 5.74) is 0.836. The summed E-state index contributed by atoms with van der Waals surface area (Å²) in [6.45, 7) is 0. The Hall–Kier alpha value is -3.52. The van der Waals surface area contributed by atoms with E-state index < -0.39 is 17.8 Å². The summed E-state index contributed by atoms with van der Waals surface area (Å²) >= 11 is 18.1. The van der Waals surface area contributed by atoms with E-state index in [4.69, 9.17) is 44.3 Å². The highest BCUT2D eigenvalue weighted by atomic mass is 35.5. The summed E-state index contributed by atoms with van der Waals surface area (Å²) in [5.74, 6) is -1.04. The van der Waals surface area contributed by atoms with Gasteiger partial charge in [-0.25, -0.2) is 9.69 Å². The van der Waals surface area contributed by atoms with E-state index in [2.05, 4.69) is 5.32 Å². The quantitative estimate of drug-likeness (QED) is 0.258. The highest BCUT2D eigenvalue weighted by molar-refractivity contribution is 6.53. The second-order valence-corrected chi connectivity index (χ2v) is 8.20. The first-order valence-electron chi connectivity index (χ1n) is 9.75. The first kappa shape index (κ1) is 23.6. The molecule has 3 aromatic carbocycles. The zero-order valence-corrected chi connectivity index (χ0v) is 19.7. The van der Waals surface area contributed by atoms with E-state index in [0.717, 1.165) is 4.90 Å². The van der Waals surface area contributed by atoms with Gasteiger partial charge in [-0.05, 0) is 54.6 Å². The number of nitrogens with one attached hydrogen (secondary N) is 1. The normalized spacial score (nSPS) is 13.4. The third-order valence-corrected chi connectivity index (χ3v) is 5.92. The molecular formula is C24H15Cl3N2O5. The van der Waals surface area contributed by atoms with Gasteiger partial charge < -0.3 is 14.8 Å². The molecule has 7 nitrogen and oxygen atoms in total. The monoisotopic (exact) mass is 516 g/mol. The van der Waals surface area contributed by atoms with Crippen molar-refractivity contribution in [3.63, 3.8) is 0 Å². The molecule has 0 unspecified atom stereocenters. The van der Waals surface area contributed by atoms with Gasteiger partial charge in [0, 0.05) is 11.8 Å². The van der Waals surface area contributed by atoms with E-state index in [-0.39, 0.29) is 32.0 Å². The molecule has 2 amide bonds. The third kappa shape index (κ3) is 4.72. The number of ether oxygens (including phenoxy) is 2. The number of imide groups is 1. The van der Waals surface area contributed by atoms with Crippen LogP contribution >= 0.6 is 34.8 Å². The molecule has 1 aliphatic heterocycles. The maximum absolute atomic E-state index is 12.9. The first-order valence-corrected chi connectivity index (χ1v) is 10.9. The van der Waals surface area contributed by atoms with Gasteiger partial charge in [0.1, 0.15) is 22.2 Å². The van der Waals surface area contributed by atoms with Gasteiger partial charge in [-0.1, -0.05) is 40.9 Å². The van der Waals surface area contributed by atoms with Crippen LogP contribution in [0.15, 0.2) is 77.5 Å². The summed E-state index contributed by atoms with van der Waals surface area (Å²) in [4.78, 5) is 38.8. The molecule has 0 radical (unpaired) electrons. The lowest BCUT2D eigenvalue weighted by Crippen LogP contribution is -2.32. The van der Waals surface area contributed by atoms with Crippen molar-refractivity contribution in [1.82, 2.24) is 0 Å². The zero-order valence-electron chi connectivity index (χ0n) is 17.5. The molecule has 1 heterocycles. The number of nitrogens with zero attached hydrogens (tertiary/aromatic N) is 1. The molecule has 0 spiro atoms. The fourth-order valence-electron chi connectivity index (χ4n) is 3.13. The van der Waals surface area contributed by atoms with E-state index >= 15 is 0 Å². The molecule has 1 N–H and O–H groups in total. The van der Waals surface area contributed by atoms with E-state index in [1.165, 1.54) is 37.4 Å². The van der Waals surface area contributed by atoms with Crippen LogP contribution < -0.4 is 19.7 Å². The zero-order chi connectivity index (χ0) is 24.4. The number of halogens is 3. The number of anilines is 2. The van der Waals surface area contributed by atoms with Crippen LogP contribution in [0.5, 0.6) is 11.5 Å². The average molecular weight is 518 g/mol. The molecule has 0 aliphatic carbocycles. The van der Waals surface area contributed by atoms with Crippen molar-refractivity contribution in [2.75, 3.05) is 17.3 Å². The number of esters is 1. The van der Waals surface area contributed by atoms with E-state index in [9.17, 15) is 14.4 Å². The van der Waals surface area contributed by atoms with Crippen molar-refractivity contribution in [3.05, 3.63) is 93.1 Å². The lowest BCUT2D eigenvalue weighted by molar-refractivity contribution is -0.120. The van der Waals surface area contributed by atoms with Gasteiger partial charge in [-0.3, -0.25) is 9.59 Å². The molecule has 0 fully saturated rings. The number of rotatable bonds is 6. The summed E-state index contributed by atoms with van der Waals surface area (Å²) < 4.78 is 10.5. The van der Waals surface area contributed by atoms with Crippen molar-refractivity contribution in [2.24, 2.45) is 0 Å². The second-order valence-electron chi connectivity index (χ2n) is 7.00. The van der Waals surface area contributed by atoms with Crippen LogP contribution in [0.25, 0.3) is 0 Å². The molecule has 34 heavy (non-hydrogen) atoms. The van der Waals surface area contributed by atoms with E-state index in [1.54, 1.807) is 36.4 Å². The maximum Gasteiger partial charge on any atom is 0.343 e. The molecule has 3 aromatic rings. The summed E-state index contributed by atoms with van der Waals surface area (Å²) in [6.07, 6.45) is 0. The number of hydrogen-bond acceptors (Lipinski definition) is 6. The SMILES string of the molecule is COc1cccc(OC(=O)c2ccc(NC3=C(Cl)C(=O)N(c4ccc(Cl)c(Cl)c4)C3=O)cc2)c1. The molecule has 172 valence electrons. The number of carbonyl (C=O) groups is 3. The van der Waals surface area contributed by atoms with Crippen LogP contribution in [0.2, 0.25) is 10.0 Å². The largest absolute Gasteiger partial charge is 0.497 e. The minimum Gasteiger partial charge on any atom is -0.497 e. The molecule has 0 saturated carbocycles. The van der Waals surface area contributed by atoms with Crippen molar-refractivity contribution < 1.29 is 23.9 Å². The van der Waals surface area contributed by atoms with Gasteiger partial charge in [-0.2, -0.15) is 0 Å². The highest BCUT2D eigenvalue weighted by Gasteiger charge is 2.39. The second kappa shape index (κ2) is 9.77. The predicted octanol–water partition coefficient (Wildman–Crippen LogP) is 5.66. The van der Waals surface area contributed by atoms with Gasteiger partial charge in [0.25, 0.3) is 11.8 Å². The van der Waals surface area contributed by atoms with Crippen LogP contribution in [0.4, 0.5) is 11.4 Å².